The third-order valence-electron chi connectivity index (χ3n) is 4.80. The first-order valence-electron chi connectivity index (χ1n) is 9.15. The van der Waals surface area contributed by atoms with Gasteiger partial charge in [-0.15, -0.1) is 0 Å². The summed E-state index contributed by atoms with van der Waals surface area (Å²) in [7, 11) is 1.73. The fraction of sp³-hybridized carbons (Fsp3) is 0.250. The van der Waals surface area contributed by atoms with Crippen LogP contribution in [0.15, 0.2) is 29.6 Å². The molecule has 1 aliphatic rings. The van der Waals surface area contributed by atoms with Crippen molar-refractivity contribution in [2.24, 2.45) is 7.05 Å². The van der Waals surface area contributed by atoms with E-state index in [9.17, 15) is 14.4 Å². The zero-order valence-corrected chi connectivity index (χ0v) is 16.8. The summed E-state index contributed by atoms with van der Waals surface area (Å²) in [5, 5.41) is 12.4. The number of hydrogen-bond acceptors (Lipinski definition) is 6. The average molecular weight is 423 g/mol. The number of hydrogen-bond donors (Lipinski definition) is 2. The van der Waals surface area contributed by atoms with Crippen LogP contribution in [0, 0.1) is 6.57 Å². The number of rotatable bonds is 5. The van der Waals surface area contributed by atoms with Crippen molar-refractivity contribution in [1.82, 2.24) is 15.1 Å². The molecule has 30 heavy (non-hydrogen) atoms. The van der Waals surface area contributed by atoms with Crippen LogP contribution < -0.4 is 15.4 Å². The number of carbonyl (C=O) groups excluding carboxylic acids is 3. The molecule has 1 aromatic carbocycles. The third kappa shape index (κ3) is 3.62. The van der Waals surface area contributed by atoms with Crippen molar-refractivity contribution in [2.45, 2.75) is 18.8 Å². The zero-order chi connectivity index (χ0) is 21.3. The lowest BCUT2D eigenvalue weighted by Crippen LogP contribution is -2.39. The molecule has 2 aromatic heterocycles. The Morgan fingerprint density at radius 2 is 2.27 bits per heavy atom. The molecule has 3 amide bonds. The highest BCUT2D eigenvalue weighted by Gasteiger charge is 2.32. The lowest BCUT2D eigenvalue weighted by atomic mass is 9.93. The van der Waals surface area contributed by atoms with E-state index >= 15 is 0 Å². The summed E-state index contributed by atoms with van der Waals surface area (Å²) in [5.74, 6) is -1.09. The lowest BCUT2D eigenvalue weighted by molar-refractivity contribution is -0.134. The van der Waals surface area contributed by atoms with Crippen LogP contribution in [0.5, 0.6) is 5.75 Å². The number of amides is 3. The molecule has 1 unspecified atom stereocenters. The summed E-state index contributed by atoms with van der Waals surface area (Å²) in [4.78, 5) is 39.3. The Balaban J connectivity index is 1.55. The number of para-hydroxylation sites is 1. The number of benzene rings is 1. The predicted octanol–water partition coefficient (Wildman–Crippen LogP) is 2.72. The summed E-state index contributed by atoms with van der Waals surface area (Å²) in [6.07, 6.45) is 0.661. The van der Waals surface area contributed by atoms with Gasteiger partial charge in [0.15, 0.2) is 6.61 Å². The molecule has 152 valence electrons. The van der Waals surface area contributed by atoms with Gasteiger partial charge < -0.3 is 10.1 Å². The molecule has 1 atom stereocenters. The fourth-order valence-corrected chi connectivity index (χ4v) is 4.10. The van der Waals surface area contributed by atoms with E-state index in [0.717, 1.165) is 5.39 Å². The van der Waals surface area contributed by atoms with Crippen LogP contribution in [0.1, 0.15) is 24.5 Å². The smallest absolute Gasteiger partial charge is 0.264 e. The number of aromatic nitrogens is 2. The van der Waals surface area contributed by atoms with Gasteiger partial charge in [0, 0.05) is 18.9 Å². The normalized spacial score (nSPS) is 16.2. The molecular weight excluding hydrogens is 406 g/mol. The van der Waals surface area contributed by atoms with Gasteiger partial charge in [-0.05, 0) is 23.9 Å². The third-order valence-corrected chi connectivity index (χ3v) is 5.61. The van der Waals surface area contributed by atoms with Crippen molar-refractivity contribution in [3.63, 3.8) is 0 Å². The van der Waals surface area contributed by atoms with Gasteiger partial charge in [0.25, 0.3) is 10.9 Å². The fourth-order valence-electron chi connectivity index (χ4n) is 3.47. The van der Waals surface area contributed by atoms with Gasteiger partial charge in [0.2, 0.25) is 11.8 Å². The van der Waals surface area contributed by atoms with Gasteiger partial charge in [-0.25, -0.2) is 4.85 Å². The number of nitrogens with zero attached hydrogens (tertiary/aromatic N) is 3. The highest BCUT2D eigenvalue weighted by Crippen LogP contribution is 2.34. The molecule has 3 aromatic rings. The SMILES string of the molecule is [C-]#[N+]c1sccc1NC(=O)COc1cccc2c(C3CCC(=O)NC3=O)nn(C)c12. The molecule has 0 saturated carbocycles. The van der Waals surface area contributed by atoms with Crippen LogP contribution in [-0.4, -0.2) is 34.1 Å². The standard InChI is InChI=1S/C20H17N5O4S/c1-21-20-13(8-9-30-20)22-16(27)10-29-14-5-3-4-11-17(24-25(2)18(11)14)12-6-7-15(26)23-19(12)28/h3-5,8-9,12H,6-7,10H2,2H3,(H,22,27)(H,23,26,28). The van der Waals surface area contributed by atoms with Crippen molar-refractivity contribution in [3.8, 4) is 5.75 Å². The topological polar surface area (TPSA) is 107 Å². The second kappa shape index (κ2) is 7.96. The number of aryl methyl sites for hydroxylation is 1. The Morgan fingerprint density at radius 3 is 3.03 bits per heavy atom. The highest BCUT2D eigenvalue weighted by atomic mass is 32.1. The number of fused-ring (bicyclic) bond motifs is 1. The first kappa shape index (κ1) is 19.6. The molecule has 9 nitrogen and oxygen atoms in total. The van der Waals surface area contributed by atoms with Gasteiger partial charge in [-0.3, -0.25) is 24.4 Å². The van der Waals surface area contributed by atoms with E-state index in [1.807, 2.05) is 6.07 Å². The van der Waals surface area contributed by atoms with E-state index in [1.165, 1.54) is 11.3 Å². The largest absolute Gasteiger partial charge is 0.481 e. The van der Waals surface area contributed by atoms with E-state index in [-0.39, 0.29) is 30.7 Å². The first-order chi connectivity index (χ1) is 14.5. The molecule has 0 spiro atoms. The van der Waals surface area contributed by atoms with Gasteiger partial charge in [-0.1, -0.05) is 12.1 Å². The summed E-state index contributed by atoms with van der Waals surface area (Å²) in [6, 6.07) is 7.00. The molecule has 0 radical (unpaired) electrons. The number of carbonyl (C=O) groups is 3. The van der Waals surface area contributed by atoms with Crippen LogP contribution >= 0.6 is 11.3 Å². The maximum absolute atomic E-state index is 12.3. The Morgan fingerprint density at radius 1 is 1.43 bits per heavy atom. The monoisotopic (exact) mass is 423 g/mol. The van der Waals surface area contributed by atoms with Crippen molar-refractivity contribution in [1.29, 1.82) is 0 Å². The number of imide groups is 1. The summed E-state index contributed by atoms with van der Waals surface area (Å²) in [6.45, 7) is 6.86. The van der Waals surface area contributed by atoms with E-state index in [2.05, 4.69) is 20.6 Å². The Hall–Kier alpha value is -3.71. The summed E-state index contributed by atoms with van der Waals surface area (Å²) >= 11 is 1.25. The molecule has 2 N–H and O–H groups in total. The van der Waals surface area contributed by atoms with Crippen molar-refractivity contribution in [2.75, 3.05) is 11.9 Å². The molecule has 1 fully saturated rings. The highest BCUT2D eigenvalue weighted by molar-refractivity contribution is 7.15. The number of ether oxygens (including phenoxy) is 1. The van der Waals surface area contributed by atoms with E-state index < -0.39 is 5.92 Å². The molecule has 10 heteroatoms. The van der Waals surface area contributed by atoms with Gasteiger partial charge in [-0.2, -0.15) is 16.4 Å². The van der Waals surface area contributed by atoms with Gasteiger partial charge in [0.05, 0.1) is 23.9 Å². The molecule has 1 saturated heterocycles. The maximum atomic E-state index is 12.3. The van der Waals surface area contributed by atoms with E-state index in [4.69, 9.17) is 11.3 Å². The Bertz CT molecular complexity index is 1210. The number of piperidine rings is 1. The Labute approximate surface area is 175 Å². The second-order valence-electron chi connectivity index (χ2n) is 6.75. The minimum atomic E-state index is -0.518. The van der Waals surface area contributed by atoms with Crippen molar-refractivity contribution < 1.29 is 19.1 Å². The van der Waals surface area contributed by atoms with Crippen LogP contribution in [0.25, 0.3) is 15.7 Å². The summed E-state index contributed by atoms with van der Waals surface area (Å²) < 4.78 is 7.34. The molecule has 0 bridgehead atoms. The minimum absolute atomic E-state index is 0.245. The first-order valence-corrected chi connectivity index (χ1v) is 10.0. The number of nitrogens with one attached hydrogen (secondary N) is 2. The van der Waals surface area contributed by atoms with Gasteiger partial charge >= 0.3 is 0 Å². The zero-order valence-electron chi connectivity index (χ0n) is 16.0. The van der Waals surface area contributed by atoms with Crippen molar-refractivity contribution in [3.05, 3.63) is 46.8 Å². The molecule has 4 rings (SSSR count). The molecule has 3 heterocycles. The quantitative estimate of drug-likeness (QED) is 0.485. The van der Waals surface area contributed by atoms with Crippen LogP contribution in [0.2, 0.25) is 0 Å². The molecule has 1 aliphatic heterocycles. The second-order valence-corrected chi connectivity index (χ2v) is 7.65. The minimum Gasteiger partial charge on any atom is -0.481 e. The molecule has 0 aliphatic carbocycles. The maximum Gasteiger partial charge on any atom is 0.264 e. The van der Waals surface area contributed by atoms with Gasteiger partial charge in [0.1, 0.15) is 11.3 Å². The van der Waals surface area contributed by atoms with Crippen LogP contribution in [0.3, 0.4) is 0 Å². The van der Waals surface area contributed by atoms with Crippen LogP contribution in [-0.2, 0) is 21.4 Å². The average Bonchev–Trinajstić information content (AvgIpc) is 3.31. The lowest BCUT2D eigenvalue weighted by Gasteiger charge is -2.19. The van der Waals surface area contributed by atoms with Crippen LogP contribution in [0.4, 0.5) is 10.7 Å². The molecular formula is C20H17N5O4S. The van der Waals surface area contributed by atoms with Crippen molar-refractivity contribution >= 4 is 50.6 Å². The van der Waals surface area contributed by atoms with E-state index in [1.54, 1.807) is 35.3 Å². The number of thiophene rings is 1. The number of anilines is 1. The van der Waals surface area contributed by atoms with E-state index in [0.29, 0.717) is 34.1 Å². The Kier molecular flexibility index (Phi) is 5.20. The predicted molar refractivity (Wildman–Crippen MR) is 111 cm³/mol. The summed E-state index contributed by atoms with van der Waals surface area (Å²) in [5.41, 5.74) is 1.69.